The fourth-order valence-corrected chi connectivity index (χ4v) is 4.08. The molecule has 0 aliphatic rings. The Morgan fingerprint density at radius 3 is 2.58 bits per heavy atom. The largest absolute Gasteiger partial charge is 0.459 e. The Labute approximate surface area is 144 Å². The smallest absolute Gasteiger partial charge is 0.246 e. The average Bonchev–Trinajstić information content (AvgIpc) is 2.99. The summed E-state index contributed by atoms with van der Waals surface area (Å²) in [7, 11) is -2.68. The molecule has 0 fully saturated rings. The third-order valence-corrected chi connectivity index (χ3v) is 6.21. The maximum atomic E-state index is 14.1. The molecule has 1 unspecified atom stereocenters. The predicted molar refractivity (Wildman–Crippen MR) is 91.0 cm³/mol. The number of fused-ring (bicyclic) bond motifs is 1. The topological polar surface area (TPSA) is 50.5 Å². The van der Waals surface area contributed by atoms with Crippen molar-refractivity contribution in [1.29, 1.82) is 0 Å². The monoisotopic (exact) mass is 367 g/mol. The van der Waals surface area contributed by atoms with E-state index in [2.05, 4.69) is 0 Å². The molecule has 0 aliphatic heterocycles. The first-order valence-corrected chi connectivity index (χ1v) is 9.04. The summed E-state index contributed by atoms with van der Waals surface area (Å²) < 4.78 is 46.4. The molecule has 4 nitrogen and oxygen atoms in total. The Morgan fingerprint density at radius 2 is 1.88 bits per heavy atom. The van der Waals surface area contributed by atoms with E-state index in [0.717, 1.165) is 9.69 Å². The molecule has 1 atom stereocenters. The van der Waals surface area contributed by atoms with E-state index in [1.165, 1.54) is 25.2 Å². The van der Waals surface area contributed by atoms with Crippen LogP contribution in [0.5, 0.6) is 0 Å². The number of rotatable bonds is 4. The molecular formula is C17H15ClFNO3S. The standard InChI is InChI=1S/C17H15ClFNO3S/c1-11(15-10-12-6-3-4-8-14(12)23-15)20(2)24(21,22)16-9-5-7-13(18)17(16)19/h3-11H,1-2H3. The van der Waals surface area contributed by atoms with E-state index >= 15 is 0 Å². The van der Waals surface area contributed by atoms with Gasteiger partial charge in [-0.05, 0) is 31.2 Å². The molecule has 0 spiro atoms. The summed E-state index contributed by atoms with van der Waals surface area (Å²) in [4.78, 5) is -0.458. The first-order chi connectivity index (χ1) is 11.3. The Hall–Kier alpha value is -1.89. The number of benzene rings is 2. The number of hydrogen-bond acceptors (Lipinski definition) is 3. The van der Waals surface area contributed by atoms with Crippen LogP contribution in [0.2, 0.25) is 5.02 Å². The van der Waals surface area contributed by atoms with Crippen LogP contribution in [0.4, 0.5) is 4.39 Å². The van der Waals surface area contributed by atoms with Gasteiger partial charge in [-0.2, -0.15) is 4.31 Å². The molecule has 0 aliphatic carbocycles. The van der Waals surface area contributed by atoms with Gasteiger partial charge in [0.25, 0.3) is 0 Å². The van der Waals surface area contributed by atoms with Gasteiger partial charge < -0.3 is 4.42 Å². The zero-order valence-corrected chi connectivity index (χ0v) is 14.6. The van der Waals surface area contributed by atoms with Gasteiger partial charge in [-0.25, -0.2) is 12.8 Å². The van der Waals surface area contributed by atoms with Gasteiger partial charge in [0.15, 0.2) is 5.82 Å². The number of furan rings is 1. The quantitative estimate of drug-likeness (QED) is 0.676. The highest BCUT2D eigenvalue weighted by Crippen LogP contribution is 2.32. The second kappa shape index (κ2) is 6.20. The van der Waals surface area contributed by atoms with Crippen LogP contribution < -0.4 is 0 Å². The number of hydrogen-bond donors (Lipinski definition) is 0. The van der Waals surface area contributed by atoms with Crippen LogP contribution in [-0.2, 0) is 10.0 Å². The van der Waals surface area contributed by atoms with Crippen molar-refractivity contribution in [2.24, 2.45) is 0 Å². The summed E-state index contributed by atoms with van der Waals surface area (Å²) in [6.45, 7) is 1.68. The van der Waals surface area contributed by atoms with Gasteiger partial charge in [0.05, 0.1) is 11.1 Å². The van der Waals surface area contributed by atoms with Crippen molar-refractivity contribution < 1.29 is 17.2 Å². The highest BCUT2D eigenvalue weighted by atomic mass is 35.5. The molecule has 3 aromatic rings. The van der Waals surface area contributed by atoms with E-state index < -0.39 is 26.8 Å². The van der Waals surface area contributed by atoms with Crippen LogP contribution in [0.15, 0.2) is 57.8 Å². The molecule has 0 radical (unpaired) electrons. The second-order valence-corrected chi connectivity index (χ2v) is 7.81. The van der Waals surface area contributed by atoms with Crippen molar-refractivity contribution in [3.8, 4) is 0 Å². The summed E-state index contributed by atoms with van der Waals surface area (Å²) in [6, 6.07) is 12.4. The zero-order valence-electron chi connectivity index (χ0n) is 13.0. The van der Waals surface area contributed by atoms with Gasteiger partial charge in [-0.1, -0.05) is 35.9 Å². The molecule has 0 bridgehead atoms. The molecule has 24 heavy (non-hydrogen) atoms. The molecule has 7 heteroatoms. The first-order valence-electron chi connectivity index (χ1n) is 7.23. The fourth-order valence-electron chi connectivity index (χ4n) is 2.43. The summed E-state index contributed by atoms with van der Waals surface area (Å²) in [5.41, 5.74) is 0.666. The number of nitrogens with zero attached hydrogens (tertiary/aromatic N) is 1. The number of para-hydroxylation sites is 1. The maximum Gasteiger partial charge on any atom is 0.246 e. The van der Waals surface area contributed by atoms with Crippen LogP contribution in [0.25, 0.3) is 11.0 Å². The molecule has 2 aromatic carbocycles. The first kappa shape index (κ1) is 17.0. The van der Waals surface area contributed by atoms with Crippen molar-refractivity contribution in [3.63, 3.8) is 0 Å². The number of halogens is 2. The van der Waals surface area contributed by atoms with E-state index in [1.807, 2.05) is 18.2 Å². The van der Waals surface area contributed by atoms with E-state index in [4.69, 9.17) is 16.0 Å². The average molecular weight is 368 g/mol. The minimum atomic E-state index is -4.06. The molecule has 0 amide bonds. The van der Waals surface area contributed by atoms with E-state index in [0.29, 0.717) is 11.3 Å². The molecule has 3 rings (SSSR count). The highest BCUT2D eigenvalue weighted by Gasteiger charge is 2.31. The summed E-state index contributed by atoms with van der Waals surface area (Å²) >= 11 is 5.70. The molecule has 0 saturated carbocycles. The van der Waals surface area contributed by atoms with Crippen molar-refractivity contribution in [2.75, 3.05) is 7.05 Å². The summed E-state index contributed by atoms with van der Waals surface area (Å²) in [5, 5.41) is 0.639. The fraction of sp³-hybridized carbons (Fsp3) is 0.176. The van der Waals surface area contributed by atoms with Crippen LogP contribution in [0.3, 0.4) is 0 Å². The van der Waals surface area contributed by atoms with E-state index in [-0.39, 0.29) is 5.02 Å². The SMILES string of the molecule is CC(c1cc2ccccc2o1)N(C)S(=O)(=O)c1cccc(Cl)c1F. The minimum absolute atomic E-state index is 0.235. The Balaban J connectivity index is 2.00. The lowest BCUT2D eigenvalue weighted by atomic mass is 10.2. The van der Waals surface area contributed by atoms with Gasteiger partial charge in [-0.15, -0.1) is 0 Å². The molecule has 0 saturated heterocycles. The van der Waals surface area contributed by atoms with E-state index in [1.54, 1.807) is 19.1 Å². The van der Waals surface area contributed by atoms with Gasteiger partial charge in [0.1, 0.15) is 16.2 Å². The third-order valence-electron chi connectivity index (χ3n) is 3.97. The lowest BCUT2D eigenvalue weighted by Gasteiger charge is -2.23. The molecule has 1 heterocycles. The van der Waals surface area contributed by atoms with Crippen LogP contribution in [0.1, 0.15) is 18.7 Å². The molecule has 126 valence electrons. The lowest BCUT2D eigenvalue weighted by molar-refractivity contribution is 0.346. The summed E-state index contributed by atoms with van der Waals surface area (Å²) in [5.74, 6) is -0.479. The van der Waals surface area contributed by atoms with Crippen LogP contribution >= 0.6 is 11.6 Å². The normalized spacial score (nSPS) is 13.5. The van der Waals surface area contributed by atoms with Crippen molar-refractivity contribution in [2.45, 2.75) is 17.9 Å². The van der Waals surface area contributed by atoms with Crippen LogP contribution in [0, 0.1) is 5.82 Å². The minimum Gasteiger partial charge on any atom is -0.459 e. The van der Waals surface area contributed by atoms with Gasteiger partial charge >= 0.3 is 0 Å². The van der Waals surface area contributed by atoms with Crippen molar-refractivity contribution >= 4 is 32.6 Å². The van der Waals surface area contributed by atoms with Gasteiger partial charge in [-0.3, -0.25) is 0 Å². The highest BCUT2D eigenvalue weighted by molar-refractivity contribution is 7.89. The van der Waals surface area contributed by atoms with Crippen LogP contribution in [-0.4, -0.2) is 19.8 Å². The predicted octanol–water partition coefficient (Wildman–Crippen LogP) is 4.61. The lowest BCUT2D eigenvalue weighted by Crippen LogP contribution is -2.30. The Kier molecular flexibility index (Phi) is 4.38. The Morgan fingerprint density at radius 1 is 1.17 bits per heavy atom. The zero-order chi connectivity index (χ0) is 17.5. The summed E-state index contributed by atoms with van der Waals surface area (Å²) in [6.07, 6.45) is 0. The third kappa shape index (κ3) is 2.81. The Bertz CT molecular complexity index is 967. The van der Waals surface area contributed by atoms with E-state index in [9.17, 15) is 12.8 Å². The van der Waals surface area contributed by atoms with Gasteiger partial charge in [0.2, 0.25) is 10.0 Å². The molecule has 1 aromatic heterocycles. The van der Waals surface area contributed by atoms with Crippen molar-refractivity contribution in [1.82, 2.24) is 4.31 Å². The molecular weight excluding hydrogens is 353 g/mol. The maximum absolute atomic E-state index is 14.1. The van der Waals surface area contributed by atoms with Crippen molar-refractivity contribution in [3.05, 3.63) is 65.1 Å². The molecule has 0 N–H and O–H groups in total. The number of sulfonamides is 1. The van der Waals surface area contributed by atoms with Gasteiger partial charge in [0, 0.05) is 12.4 Å². The second-order valence-electron chi connectivity index (χ2n) is 5.44.